The van der Waals surface area contributed by atoms with Gasteiger partial charge in [-0.25, -0.2) is 9.97 Å². The van der Waals surface area contributed by atoms with Gasteiger partial charge in [0.05, 0.1) is 11.2 Å². The molecule has 8 heteroatoms. The van der Waals surface area contributed by atoms with Crippen LogP contribution in [0.5, 0.6) is 0 Å². The zero-order valence-electron chi connectivity index (χ0n) is 11.5. The predicted molar refractivity (Wildman–Crippen MR) is 79.4 cm³/mol. The highest BCUT2D eigenvalue weighted by Gasteiger charge is 2.12. The Morgan fingerprint density at radius 1 is 1.14 bits per heavy atom. The number of rotatable bonds is 4. The minimum atomic E-state index is -3.99. The van der Waals surface area contributed by atoms with Crippen LogP contribution in [0.25, 0.3) is 22.2 Å². The lowest BCUT2D eigenvalue weighted by Crippen LogP contribution is -2.40. The summed E-state index contributed by atoms with van der Waals surface area (Å²) in [5.74, 6) is -0.375. The van der Waals surface area contributed by atoms with Crippen LogP contribution >= 0.6 is 0 Å². The molecular weight excluding hydrogens is 304 g/mol. The van der Waals surface area contributed by atoms with Gasteiger partial charge in [-0.1, -0.05) is 22.9 Å². The molecule has 0 fully saturated rings. The van der Waals surface area contributed by atoms with E-state index in [1.165, 1.54) is 11.0 Å². The van der Waals surface area contributed by atoms with Gasteiger partial charge in [0.25, 0.3) is 10.1 Å². The molecule has 0 radical (unpaired) electrons. The summed E-state index contributed by atoms with van der Waals surface area (Å²) in [6, 6.07) is 9.46. The number of aromatic nitrogens is 4. The first kappa shape index (κ1) is 14.5. The van der Waals surface area contributed by atoms with Crippen molar-refractivity contribution in [1.82, 2.24) is 15.1 Å². The first-order valence-corrected chi connectivity index (χ1v) is 8.15. The van der Waals surface area contributed by atoms with Gasteiger partial charge in [-0.05, 0) is 11.2 Å². The van der Waals surface area contributed by atoms with Crippen LogP contribution < -0.4 is 4.68 Å². The molecule has 7 nitrogen and oxygen atoms in total. The predicted octanol–water partition coefficient (Wildman–Crippen LogP) is 0.867. The van der Waals surface area contributed by atoms with E-state index in [1.54, 1.807) is 18.5 Å². The zero-order valence-corrected chi connectivity index (χ0v) is 12.3. The van der Waals surface area contributed by atoms with Crippen LogP contribution in [0.1, 0.15) is 0 Å². The second-order valence-electron chi connectivity index (χ2n) is 4.70. The highest BCUT2D eigenvalue weighted by molar-refractivity contribution is 7.85. The first-order chi connectivity index (χ1) is 10.5. The average molecular weight is 317 g/mol. The fourth-order valence-corrected chi connectivity index (χ4v) is 2.52. The maximum absolute atomic E-state index is 10.7. The van der Waals surface area contributed by atoms with E-state index in [0.29, 0.717) is 0 Å². The molecule has 0 saturated carbocycles. The fraction of sp³-hybridized carbons (Fsp3) is 0.143. The van der Waals surface area contributed by atoms with E-state index in [2.05, 4.69) is 15.1 Å². The van der Waals surface area contributed by atoms with Crippen molar-refractivity contribution in [3.05, 3.63) is 49.1 Å². The molecule has 112 valence electrons. The highest BCUT2D eigenvalue weighted by atomic mass is 32.2. The molecule has 2 heterocycles. The van der Waals surface area contributed by atoms with Gasteiger partial charge in [-0.15, -0.1) is 0 Å². The lowest BCUT2D eigenvalue weighted by atomic mass is 10.1. The van der Waals surface area contributed by atoms with Gasteiger partial charge in [-0.3, -0.25) is 4.55 Å². The molecular formula is C14H13N4O3S+. The van der Waals surface area contributed by atoms with Crippen LogP contribution in [-0.4, -0.2) is 33.8 Å². The molecule has 3 aromatic rings. The Hall–Kier alpha value is -2.45. The topological polar surface area (TPSA) is 96.9 Å². The van der Waals surface area contributed by atoms with Crippen molar-refractivity contribution in [3.63, 3.8) is 0 Å². The van der Waals surface area contributed by atoms with Gasteiger partial charge >= 0.3 is 0 Å². The Labute approximate surface area is 127 Å². The third kappa shape index (κ3) is 3.23. The second kappa shape index (κ2) is 5.74. The summed E-state index contributed by atoms with van der Waals surface area (Å²) in [7, 11) is -3.99. The van der Waals surface area contributed by atoms with Crippen molar-refractivity contribution in [2.24, 2.45) is 0 Å². The Balaban J connectivity index is 1.92. The number of benzene rings is 1. The third-order valence-electron chi connectivity index (χ3n) is 3.17. The van der Waals surface area contributed by atoms with Crippen molar-refractivity contribution < 1.29 is 17.7 Å². The van der Waals surface area contributed by atoms with Gasteiger partial charge in [0.15, 0.2) is 12.7 Å². The lowest BCUT2D eigenvalue weighted by molar-refractivity contribution is -0.750. The number of nitrogens with zero attached hydrogens (tertiary/aromatic N) is 4. The second-order valence-corrected chi connectivity index (χ2v) is 6.28. The smallest absolute Gasteiger partial charge is 0.271 e. The molecule has 0 unspecified atom stereocenters. The van der Waals surface area contributed by atoms with Gasteiger partial charge < -0.3 is 0 Å². The SMILES string of the molecule is O=S(=O)(O)CC[n+]1ccc(-c2ncnc3ccccc23)cn1. The Bertz CT molecular complexity index is 906. The van der Waals surface area contributed by atoms with Gasteiger partial charge in [0, 0.05) is 17.0 Å². The maximum atomic E-state index is 10.7. The summed E-state index contributed by atoms with van der Waals surface area (Å²) in [6.07, 6.45) is 4.76. The van der Waals surface area contributed by atoms with Crippen LogP contribution in [0.15, 0.2) is 49.1 Å². The molecule has 2 aromatic heterocycles. The number of para-hydroxylation sites is 1. The lowest BCUT2D eigenvalue weighted by Gasteiger charge is -2.03. The molecule has 0 saturated heterocycles. The van der Waals surface area contributed by atoms with Crippen molar-refractivity contribution in [3.8, 4) is 11.3 Å². The van der Waals surface area contributed by atoms with Crippen LogP contribution in [-0.2, 0) is 16.7 Å². The fourth-order valence-electron chi connectivity index (χ4n) is 2.10. The summed E-state index contributed by atoms with van der Waals surface area (Å²) in [6.45, 7) is 0.0869. The molecule has 22 heavy (non-hydrogen) atoms. The Morgan fingerprint density at radius 2 is 1.95 bits per heavy atom. The summed E-state index contributed by atoms with van der Waals surface area (Å²) in [5.41, 5.74) is 2.41. The van der Waals surface area contributed by atoms with E-state index in [1.807, 2.05) is 24.3 Å². The van der Waals surface area contributed by atoms with Crippen molar-refractivity contribution in [2.45, 2.75) is 6.54 Å². The minimum Gasteiger partial charge on any atom is -0.285 e. The molecule has 0 spiro atoms. The monoisotopic (exact) mass is 317 g/mol. The summed E-state index contributed by atoms with van der Waals surface area (Å²) in [5, 5.41) is 5.06. The molecule has 0 amide bonds. The molecule has 0 atom stereocenters. The molecule has 3 rings (SSSR count). The zero-order chi connectivity index (χ0) is 15.6. The molecule has 1 aromatic carbocycles. The molecule has 0 aliphatic rings. The van der Waals surface area contributed by atoms with Crippen LogP contribution in [0.2, 0.25) is 0 Å². The van der Waals surface area contributed by atoms with Crippen LogP contribution in [0.3, 0.4) is 0 Å². The van der Waals surface area contributed by atoms with E-state index in [9.17, 15) is 8.42 Å². The molecule has 0 aliphatic heterocycles. The normalized spacial score (nSPS) is 11.7. The third-order valence-corrected chi connectivity index (χ3v) is 3.86. The van der Waals surface area contributed by atoms with Gasteiger partial charge in [-0.2, -0.15) is 8.42 Å². The van der Waals surface area contributed by atoms with Crippen molar-refractivity contribution in [2.75, 3.05) is 5.75 Å². The summed E-state index contributed by atoms with van der Waals surface area (Å²) < 4.78 is 31.7. The van der Waals surface area contributed by atoms with Crippen molar-refractivity contribution in [1.29, 1.82) is 0 Å². The maximum Gasteiger partial charge on any atom is 0.271 e. The highest BCUT2D eigenvalue weighted by Crippen LogP contribution is 2.23. The largest absolute Gasteiger partial charge is 0.285 e. The minimum absolute atomic E-state index is 0.0869. The Morgan fingerprint density at radius 3 is 2.68 bits per heavy atom. The molecule has 0 aliphatic carbocycles. The standard InChI is InChI=1S/C14H12N4O3S/c19-22(20,21)8-7-18-6-5-11(9-17-18)14-12-3-1-2-4-13(12)15-10-16-14/h1-6,9-10H,7-8H2/p+1. The van der Waals surface area contributed by atoms with Crippen LogP contribution in [0, 0.1) is 0 Å². The van der Waals surface area contributed by atoms with E-state index >= 15 is 0 Å². The van der Waals surface area contributed by atoms with Crippen molar-refractivity contribution >= 4 is 21.0 Å². The summed E-state index contributed by atoms with van der Waals surface area (Å²) in [4.78, 5) is 8.51. The van der Waals surface area contributed by atoms with E-state index in [4.69, 9.17) is 4.55 Å². The summed E-state index contributed by atoms with van der Waals surface area (Å²) >= 11 is 0. The average Bonchev–Trinajstić information content (AvgIpc) is 2.52. The molecule has 0 bridgehead atoms. The van der Waals surface area contributed by atoms with E-state index in [0.717, 1.165) is 22.2 Å². The first-order valence-electron chi connectivity index (χ1n) is 6.54. The van der Waals surface area contributed by atoms with E-state index < -0.39 is 10.1 Å². The number of fused-ring (bicyclic) bond motifs is 1. The van der Waals surface area contributed by atoms with Crippen LogP contribution in [0.4, 0.5) is 0 Å². The number of hydrogen-bond acceptors (Lipinski definition) is 5. The number of aryl methyl sites for hydroxylation is 1. The van der Waals surface area contributed by atoms with Gasteiger partial charge in [0.2, 0.25) is 0 Å². The van der Waals surface area contributed by atoms with Gasteiger partial charge in [0.1, 0.15) is 18.3 Å². The quantitative estimate of drug-likeness (QED) is 0.566. The number of hydrogen-bond donors (Lipinski definition) is 1. The Kier molecular flexibility index (Phi) is 3.78. The molecule has 1 N–H and O–H groups in total. The van der Waals surface area contributed by atoms with E-state index in [-0.39, 0.29) is 12.3 Å².